The van der Waals surface area contributed by atoms with Crippen LogP contribution in [-0.2, 0) is 77.7 Å². The number of aromatic hydroxyl groups is 3. The van der Waals surface area contributed by atoms with Crippen LogP contribution in [-0.4, -0.2) is 166 Å². The van der Waals surface area contributed by atoms with Gasteiger partial charge < -0.3 is 112 Å². The van der Waals surface area contributed by atoms with Crippen LogP contribution in [0.25, 0.3) is 46.3 Å². The number of hydrogen-bond acceptors (Lipinski definition) is 23. The Balaban J connectivity index is 0.000000157. The van der Waals surface area contributed by atoms with Gasteiger partial charge in [-0.1, -0.05) is 5.57 Å². The molecule has 0 fully saturated rings. The third-order valence-electron chi connectivity index (χ3n) is 24.5. The van der Waals surface area contributed by atoms with Crippen LogP contribution < -0.4 is 63.9 Å². The zero-order valence-electron chi connectivity index (χ0n) is 79.6. The van der Waals surface area contributed by atoms with Gasteiger partial charge in [-0.15, -0.1) is 0 Å². The molecule has 9 heterocycles. The van der Waals surface area contributed by atoms with Crippen molar-refractivity contribution in [2.45, 2.75) is 90.1 Å². The van der Waals surface area contributed by atoms with Gasteiger partial charge in [0.05, 0.1) is 138 Å². The molecule has 0 bridgehead atoms. The summed E-state index contributed by atoms with van der Waals surface area (Å²) < 4.78 is 130. The predicted molar refractivity (Wildman–Crippen MR) is 512 cm³/mol. The Kier molecular flexibility index (Phi) is 32.5. The number of amides is 4. The van der Waals surface area contributed by atoms with E-state index in [1.54, 1.807) is 90.8 Å². The van der Waals surface area contributed by atoms with Crippen molar-refractivity contribution in [3.8, 4) is 69.0 Å². The number of furan rings is 1. The number of allylic oxidation sites excluding steroid dienone is 4. The van der Waals surface area contributed by atoms with Crippen LogP contribution in [0.2, 0.25) is 0 Å². The van der Waals surface area contributed by atoms with Gasteiger partial charge in [0.15, 0.2) is 52.6 Å². The van der Waals surface area contributed by atoms with Crippen LogP contribution in [0.15, 0.2) is 186 Å². The lowest BCUT2D eigenvalue weighted by Crippen LogP contribution is -2.29. The summed E-state index contributed by atoms with van der Waals surface area (Å²) in [5.41, 5.74) is 15.5. The van der Waals surface area contributed by atoms with E-state index in [0.717, 1.165) is 73.4 Å². The number of carboxylic acids is 1. The summed E-state index contributed by atoms with van der Waals surface area (Å²) in [6.45, 7) is 4.64. The van der Waals surface area contributed by atoms with Gasteiger partial charge in [0, 0.05) is 123 Å². The molecular weight excluding hydrogens is 1820 g/mol. The summed E-state index contributed by atoms with van der Waals surface area (Å²) in [5, 5.41) is 51.2. The lowest BCUT2D eigenvalue weighted by Gasteiger charge is -2.23. The summed E-state index contributed by atoms with van der Waals surface area (Å²) in [6.07, 6.45) is 14.7. The van der Waals surface area contributed by atoms with Crippen LogP contribution in [0.1, 0.15) is 147 Å². The van der Waals surface area contributed by atoms with Gasteiger partial charge in [0.2, 0.25) is 64.5 Å². The number of carboxylic acid groups (broad SMARTS) is 1. The molecular formula is C104H107F5N12O19. The second-order valence-electron chi connectivity index (χ2n) is 33.1. The van der Waals surface area contributed by atoms with Crippen LogP contribution in [0.4, 0.5) is 22.0 Å². The fourth-order valence-corrected chi connectivity index (χ4v) is 17.1. The molecule has 0 saturated carbocycles. The van der Waals surface area contributed by atoms with Crippen LogP contribution in [0.3, 0.4) is 0 Å². The summed E-state index contributed by atoms with van der Waals surface area (Å²) in [5.74, 6) is -3.01. The number of rotatable bonds is 32. The van der Waals surface area contributed by atoms with E-state index in [1.807, 2.05) is 128 Å². The first-order valence-corrected chi connectivity index (χ1v) is 44.0. The maximum atomic E-state index is 14.9. The molecule has 8 N–H and O–H groups in total. The number of pyridine rings is 3. The SMILES string of the molecule is COc1cc(/C=C2\c3cc(F)nc(F)c3C(CC(=O)NCc3cccn3C)N2C)cc(OC)c1O.COc1cc(/C=C2\c3ccc(F)cc3C(CC(=O)NCc3cccn3C)N2C)cc(OC)c1O.COc1cc(C=C2C(C)=C(CC(=O)NCc3ccco3)c3nc(F)ccc32)cc(OC)c1OCC(=O)O.COc1cc(CC2=C(C)C(CC(=O)NCc3cccn3C)c3cc(F)cnc32)cc(OC)c1O. The molecule has 16 rings (SSSR count). The van der Waals surface area contributed by atoms with Crippen LogP contribution >= 0.6 is 0 Å². The third kappa shape index (κ3) is 23.1. The lowest BCUT2D eigenvalue weighted by molar-refractivity contribution is -0.139. The Morgan fingerprint density at radius 3 is 1.42 bits per heavy atom. The van der Waals surface area contributed by atoms with Crippen molar-refractivity contribution < 1.29 is 113 Å². The smallest absolute Gasteiger partial charge is 0.341 e. The minimum absolute atomic E-state index is 0.00193. The number of nitrogens with one attached hydrogen (secondary N) is 4. The van der Waals surface area contributed by atoms with Crippen molar-refractivity contribution in [1.29, 1.82) is 0 Å². The number of phenolic OH excluding ortho intramolecular Hbond substituents is 3. The van der Waals surface area contributed by atoms with E-state index in [9.17, 15) is 61.2 Å². The predicted octanol–water partition coefficient (Wildman–Crippen LogP) is 16.1. The number of halogens is 5. The number of fused-ring (bicyclic) bond motifs is 4. The fourth-order valence-electron chi connectivity index (χ4n) is 17.1. The number of methoxy groups -OCH3 is 8. The fraction of sp³-hybridized carbons (Fsp3) is 0.269. The first-order chi connectivity index (χ1) is 67.2. The number of carbonyl (C=O) groups is 5. The van der Waals surface area contributed by atoms with Gasteiger partial charge in [0.1, 0.15) is 17.4 Å². The molecule has 2 aliphatic carbocycles. The molecule has 31 nitrogen and oxygen atoms in total. The molecule has 140 heavy (non-hydrogen) atoms. The quantitative estimate of drug-likeness (QED) is 0.0143. The Bertz CT molecular complexity index is 6720. The molecule has 3 unspecified atom stereocenters. The normalized spacial score (nSPS) is 15.0. The van der Waals surface area contributed by atoms with Crippen LogP contribution in [0.5, 0.6) is 69.0 Å². The maximum Gasteiger partial charge on any atom is 0.341 e. The highest BCUT2D eigenvalue weighted by Crippen LogP contribution is 2.51. The molecule has 12 aromatic rings. The van der Waals surface area contributed by atoms with Gasteiger partial charge in [-0.05, 0) is 228 Å². The number of phenols is 3. The van der Waals surface area contributed by atoms with E-state index in [0.29, 0.717) is 93.8 Å². The van der Waals surface area contributed by atoms with Crippen molar-refractivity contribution in [1.82, 2.24) is 59.7 Å². The van der Waals surface area contributed by atoms with Crippen molar-refractivity contribution in [3.05, 3.63) is 301 Å². The largest absolute Gasteiger partial charge is 0.502 e. The zero-order chi connectivity index (χ0) is 101. The summed E-state index contributed by atoms with van der Waals surface area (Å²) in [7, 11) is 20.9. The average Bonchev–Trinajstić information content (AvgIpc) is 1.62. The van der Waals surface area contributed by atoms with Crippen LogP contribution in [0, 0.1) is 29.5 Å². The van der Waals surface area contributed by atoms with Gasteiger partial charge >= 0.3 is 5.97 Å². The highest BCUT2D eigenvalue weighted by atomic mass is 19.1. The van der Waals surface area contributed by atoms with E-state index >= 15 is 0 Å². The van der Waals surface area contributed by atoms with E-state index in [4.69, 9.17) is 52.2 Å². The molecule has 36 heteroatoms. The highest BCUT2D eigenvalue weighted by Gasteiger charge is 2.39. The molecule has 4 aliphatic rings. The molecule has 5 aromatic carbocycles. The van der Waals surface area contributed by atoms with Crippen molar-refractivity contribution >= 4 is 75.9 Å². The number of nitrogens with zero attached hydrogens (tertiary/aromatic N) is 8. The second-order valence-corrected chi connectivity index (χ2v) is 33.1. The molecule has 7 aromatic heterocycles. The Morgan fingerprint density at radius 1 is 0.464 bits per heavy atom. The van der Waals surface area contributed by atoms with Crippen molar-refractivity contribution in [2.75, 3.05) is 77.6 Å². The molecule has 732 valence electrons. The average molecular weight is 1920 g/mol. The standard InChI is InChI=1S/C27H25FN2O7.2C26H28FN3O4.C25H26F2N4O4/c1-15-19(9-16-10-21(34-2)27(22(11-16)35-3)37-14-25(32)33)18-6-7-23(28)30-26(18)20(15)12-24(31)29-13-17-5-4-8-36-17;1-29-9-5-6-18(29)15-28-25(31)14-22-20-13-17(27)7-8-19(20)21(30(22)2)10-16-11-23(33-3)26(32)24(12-16)34-4;1-15-19(12-24(31)28-14-18-6-5-7-30(18)2)21-11-17(27)13-29-25(21)20(15)8-16-9-22(33-3)26(32)23(10-16)34-4;1-30-7-5-6-15(30)13-28-22(32)12-18-23-16(11-21(26)29-25(23)27)17(31(18)2)8-14-9-19(34-3)24(33)20(10-14)35-4/h4-11H,12-14H2,1-3H3,(H,29,31)(H,32,33);5-13,22,32H,14-15H2,1-4H3,(H,28,31);5-7,9-11,13,19,32H,8,12,14H2,1-4H3,(H,28,31);5-11,18,33H,12-13H2,1-4H3,(H,28,32)/b;21-10+;;17-8+. The van der Waals surface area contributed by atoms with E-state index in [1.165, 1.54) is 93.6 Å². The van der Waals surface area contributed by atoms with Gasteiger partial charge in [-0.25, -0.2) is 18.6 Å². The number of carbonyl (C=O) groups excluding carboxylic acids is 4. The second kappa shape index (κ2) is 45.0. The topological polar surface area (TPSA) is 371 Å². The molecule has 0 spiro atoms. The third-order valence-corrected chi connectivity index (χ3v) is 24.5. The van der Waals surface area contributed by atoms with Gasteiger partial charge in [-0.3, -0.25) is 24.2 Å². The Hall–Kier alpha value is -16.4. The number of aryl methyl sites for hydroxylation is 3. The number of benzene rings is 5. The molecule has 0 radical (unpaired) electrons. The van der Waals surface area contributed by atoms with Gasteiger partial charge in [0.25, 0.3) is 0 Å². The minimum Gasteiger partial charge on any atom is -0.502 e. The molecule has 2 aliphatic heterocycles. The lowest BCUT2D eigenvalue weighted by atomic mass is 9.93. The monoisotopic (exact) mass is 1920 g/mol. The maximum absolute atomic E-state index is 14.9. The molecule has 4 amide bonds. The highest BCUT2D eigenvalue weighted by molar-refractivity contribution is 6.07. The number of hydrogen-bond donors (Lipinski definition) is 8. The molecule has 0 saturated heterocycles. The van der Waals surface area contributed by atoms with E-state index in [-0.39, 0.29) is 137 Å². The number of ether oxygens (including phenoxy) is 9. The molecule has 3 atom stereocenters. The first-order valence-electron chi connectivity index (χ1n) is 44.0. The summed E-state index contributed by atoms with van der Waals surface area (Å²) in [6, 6.07) is 37.5. The summed E-state index contributed by atoms with van der Waals surface area (Å²) in [4.78, 5) is 77.5. The Labute approximate surface area is 804 Å². The van der Waals surface area contributed by atoms with Crippen molar-refractivity contribution in [3.63, 3.8) is 0 Å². The van der Waals surface area contributed by atoms with E-state index in [2.05, 4.69) is 36.2 Å². The van der Waals surface area contributed by atoms with Gasteiger partial charge in [-0.2, -0.15) is 18.2 Å². The minimum atomic E-state index is -1.14. The summed E-state index contributed by atoms with van der Waals surface area (Å²) >= 11 is 0. The number of aliphatic carboxylic acids is 1. The number of aromatic nitrogens is 6. The first kappa shape index (κ1) is 101. The van der Waals surface area contributed by atoms with E-state index < -0.39 is 42.3 Å². The van der Waals surface area contributed by atoms with Crippen molar-refractivity contribution in [2.24, 2.45) is 21.1 Å². The zero-order valence-corrected chi connectivity index (χ0v) is 79.6. The Morgan fingerprint density at radius 2 is 0.929 bits per heavy atom.